The van der Waals surface area contributed by atoms with Crippen LogP contribution in [0.1, 0.15) is 12.0 Å². The Balaban J connectivity index is 1.75. The molecule has 3 rings (SSSR count). The van der Waals surface area contributed by atoms with E-state index in [2.05, 4.69) is 0 Å². The van der Waals surface area contributed by atoms with Crippen LogP contribution >= 0.6 is 34.7 Å². The van der Waals surface area contributed by atoms with E-state index in [0.29, 0.717) is 28.9 Å². The first-order valence-corrected chi connectivity index (χ1v) is 11.4. The van der Waals surface area contributed by atoms with Crippen molar-refractivity contribution in [2.24, 2.45) is 0 Å². The molecule has 1 amide bonds. The van der Waals surface area contributed by atoms with E-state index in [4.69, 9.17) is 16.6 Å². The average molecular weight is 452 g/mol. The zero-order valence-electron chi connectivity index (χ0n) is 16.6. The topological polar surface area (TPSA) is 36.4 Å². The van der Waals surface area contributed by atoms with Gasteiger partial charge >= 0.3 is 0 Å². The van der Waals surface area contributed by atoms with E-state index in [1.807, 2.05) is 38.1 Å². The molecule has 4 nitrogen and oxygen atoms in total. The fraction of sp³-hybridized carbons (Fsp3) is 0.333. The van der Waals surface area contributed by atoms with Gasteiger partial charge in [0.2, 0.25) is 5.91 Å². The molecule has 0 saturated heterocycles. The van der Waals surface area contributed by atoms with E-state index < -0.39 is 0 Å². The Morgan fingerprint density at radius 3 is 2.55 bits per heavy atom. The van der Waals surface area contributed by atoms with Gasteiger partial charge in [-0.25, -0.2) is 9.37 Å². The van der Waals surface area contributed by atoms with Crippen molar-refractivity contribution in [2.45, 2.75) is 18.2 Å². The highest BCUT2D eigenvalue weighted by Crippen LogP contribution is 2.36. The molecule has 0 aliphatic heterocycles. The number of halogens is 2. The Kier molecular flexibility index (Phi) is 7.51. The number of aryl methyl sites for hydroxylation is 1. The molecule has 29 heavy (non-hydrogen) atoms. The summed E-state index contributed by atoms with van der Waals surface area (Å²) in [5, 5.41) is 1.33. The summed E-state index contributed by atoms with van der Waals surface area (Å²) in [6.07, 6.45) is 0.373. The van der Waals surface area contributed by atoms with Gasteiger partial charge in [-0.15, -0.1) is 11.8 Å². The molecule has 0 aliphatic rings. The summed E-state index contributed by atoms with van der Waals surface area (Å²) >= 11 is 9.34. The summed E-state index contributed by atoms with van der Waals surface area (Å²) in [5.74, 6) is 0.382. The van der Waals surface area contributed by atoms with E-state index in [-0.39, 0.29) is 11.7 Å². The summed E-state index contributed by atoms with van der Waals surface area (Å²) in [6.45, 7) is 3.29. The minimum Gasteiger partial charge on any atom is -0.308 e. The van der Waals surface area contributed by atoms with Gasteiger partial charge < -0.3 is 4.90 Å². The van der Waals surface area contributed by atoms with Gasteiger partial charge in [0.1, 0.15) is 5.82 Å². The van der Waals surface area contributed by atoms with Crippen LogP contribution in [0.2, 0.25) is 5.02 Å². The number of benzene rings is 2. The van der Waals surface area contributed by atoms with Gasteiger partial charge in [-0.3, -0.25) is 9.69 Å². The Hall–Kier alpha value is -1.67. The number of carbonyl (C=O) groups excluding carboxylic acids is 1. The Labute approximate surface area is 183 Å². The standard InChI is InChI=1S/C21H23ClFN3OS2/c1-14-4-9-17(22)20-19(14)24-21(29-20)26(12-11-25(2)3)18(27)10-13-28-16-7-5-15(23)6-8-16/h4-9H,10-13H2,1-3H3. The molecule has 0 bridgehead atoms. The van der Waals surface area contributed by atoms with Crippen molar-refractivity contribution in [1.29, 1.82) is 0 Å². The van der Waals surface area contributed by atoms with E-state index in [0.717, 1.165) is 27.2 Å². The van der Waals surface area contributed by atoms with Crippen molar-refractivity contribution < 1.29 is 9.18 Å². The maximum Gasteiger partial charge on any atom is 0.229 e. The van der Waals surface area contributed by atoms with E-state index >= 15 is 0 Å². The largest absolute Gasteiger partial charge is 0.308 e. The minimum atomic E-state index is -0.259. The number of hydrogen-bond acceptors (Lipinski definition) is 5. The highest BCUT2D eigenvalue weighted by molar-refractivity contribution is 7.99. The predicted molar refractivity (Wildman–Crippen MR) is 122 cm³/mol. The van der Waals surface area contributed by atoms with E-state index in [1.54, 1.807) is 28.8 Å². The van der Waals surface area contributed by atoms with Crippen molar-refractivity contribution in [3.8, 4) is 0 Å². The van der Waals surface area contributed by atoms with Gasteiger partial charge in [0.25, 0.3) is 0 Å². The van der Waals surface area contributed by atoms with Gasteiger partial charge in [0, 0.05) is 30.2 Å². The second kappa shape index (κ2) is 9.89. The van der Waals surface area contributed by atoms with Gasteiger partial charge in [-0.05, 0) is 56.9 Å². The van der Waals surface area contributed by atoms with Crippen LogP contribution in [0.5, 0.6) is 0 Å². The number of rotatable bonds is 8. The Morgan fingerprint density at radius 1 is 1.17 bits per heavy atom. The molecular formula is C21H23ClFN3OS2. The van der Waals surface area contributed by atoms with Crippen molar-refractivity contribution in [3.05, 3.63) is 52.8 Å². The molecule has 0 unspecified atom stereocenters. The number of likely N-dealkylation sites (N-methyl/N-ethyl adjacent to an activating group) is 1. The van der Waals surface area contributed by atoms with Crippen LogP contribution in [0.4, 0.5) is 9.52 Å². The fourth-order valence-corrected chi connectivity index (χ4v) is 4.96. The summed E-state index contributed by atoms with van der Waals surface area (Å²) in [4.78, 5) is 22.5. The van der Waals surface area contributed by atoms with Crippen LogP contribution in [-0.2, 0) is 4.79 Å². The maximum absolute atomic E-state index is 13.0. The van der Waals surface area contributed by atoms with Gasteiger partial charge in [-0.2, -0.15) is 0 Å². The fourth-order valence-electron chi connectivity index (χ4n) is 2.76. The number of thiazole rings is 1. The van der Waals surface area contributed by atoms with Crippen LogP contribution in [0.15, 0.2) is 41.3 Å². The number of hydrogen-bond donors (Lipinski definition) is 0. The molecule has 0 radical (unpaired) electrons. The van der Waals surface area contributed by atoms with Crippen LogP contribution in [0.25, 0.3) is 10.2 Å². The first kappa shape index (κ1) is 22.0. The number of aromatic nitrogens is 1. The number of thioether (sulfide) groups is 1. The normalized spacial score (nSPS) is 11.4. The van der Waals surface area contributed by atoms with E-state index in [9.17, 15) is 9.18 Å². The van der Waals surface area contributed by atoms with Gasteiger partial charge in [0.15, 0.2) is 5.13 Å². The van der Waals surface area contributed by atoms with Gasteiger partial charge in [-0.1, -0.05) is 29.0 Å². The van der Waals surface area contributed by atoms with Crippen molar-refractivity contribution in [3.63, 3.8) is 0 Å². The number of fused-ring (bicyclic) bond motifs is 1. The second-order valence-corrected chi connectivity index (χ2v) is 9.49. The summed E-state index contributed by atoms with van der Waals surface area (Å²) in [6, 6.07) is 10.1. The van der Waals surface area contributed by atoms with Crippen molar-refractivity contribution in [2.75, 3.05) is 37.8 Å². The molecule has 0 aliphatic carbocycles. The number of nitrogens with zero attached hydrogens (tertiary/aromatic N) is 3. The predicted octanol–water partition coefficient (Wildman–Crippen LogP) is 5.47. The summed E-state index contributed by atoms with van der Waals surface area (Å²) < 4.78 is 13.9. The molecule has 8 heteroatoms. The lowest BCUT2D eigenvalue weighted by Crippen LogP contribution is -2.36. The van der Waals surface area contributed by atoms with Crippen LogP contribution < -0.4 is 4.90 Å². The zero-order valence-corrected chi connectivity index (χ0v) is 19.0. The third-order valence-electron chi connectivity index (χ3n) is 4.39. The van der Waals surface area contributed by atoms with Crippen LogP contribution in [0.3, 0.4) is 0 Å². The molecule has 0 N–H and O–H groups in total. The third-order valence-corrected chi connectivity index (χ3v) is 6.94. The lowest BCUT2D eigenvalue weighted by Gasteiger charge is -2.22. The van der Waals surface area contributed by atoms with Gasteiger partial charge in [0.05, 0.1) is 15.2 Å². The zero-order chi connectivity index (χ0) is 21.0. The highest BCUT2D eigenvalue weighted by atomic mass is 35.5. The summed E-state index contributed by atoms with van der Waals surface area (Å²) in [5.41, 5.74) is 1.89. The Bertz CT molecular complexity index is 953. The molecule has 0 atom stereocenters. The SMILES string of the molecule is Cc1ccc(Cl)c2sc(N(CCN(C)C)C(=O)CCSc3ccc(F)cc3)nc12. The highest BCUT2D eigenvalue weighted by Gasteiger charge is 2.21. The third kappa shape index (κ3) is 5.69. The smallest absolute Gasteiger partial charge is 0.229 e. The lowest BCUT2D eigenvalue weighted by molar-refractivity contribution is -0.118. The number of anilines is 1. The lowest BCUT2D eigenvalue weighted by atomic mass is 10.2. The first-order valence-electron chi connectivity index (χ1n) is 9.24. The average Bonchev–Trinajstić information content (AvgIpc) is 3.13. The van der Waals surface area contributed by atoms with Crippen LogP contribution in [0, 0.1) is 12.7 Å². The first-order chi connectivity index (χ1) is 13.8. The molecule has 154 valence electrons. The molecule has 0 spiro atoms. The van der Waals surface area contributed by atoms with Crippen molar-refractivity contribution >= 4 is 56.0 Å². The molecule has 0 saturated carbocycles. The molecule has 1 aromatic heterocycles. The molecule has 0 fully saturated rings. The number of amides is 1. The monoisotopic (exact) mass is 451 g/mol. The quantitative estimate of drug-likeness (QED) is 0.425. The van der Waals surface area contributed by atoms with Crippen molar-refractivity contribution in [1.82, 2.24) is 9.88 Å². The number of carbonyl (C=O) groups is 1. The molecular weight excluding hydrogens is 429 g/mol. The van der Waals surface area contributed by atoms with Crippen LogP contribution in [-0.4, -0.2) is 48.7 Å². The molecule has 2 aromatic carbocycles. The molecule has 1 heterocycles. The second-order valence-electron chi connectivity index (χ2n) is 6.94. The maximum atomic E-state index is 13.0. The molecule has 3 aromatic rings. The minimum absolute atomic E-state index is 0.0225. The summed E-state index contributed by atoms with van der Waals surface area (Å²) in [7, 11) is 3.96. The Morgan fingerprint density at radius 2 is 1.90 bits per heavy atom. The van der Waals surface area contributed by atoms with E-state index in [1.165, 1.54) is 23.5 Å².